The van der Waals surface area contributed by atoms with E-state index in [1.807, 2.05) is 0 Å². The number of aryl methyl sites for hydroxylation is 1. The van der Waals surface area contributed by atoms with Gasteiger partial charge in [0.05, 0.1) is 16.3 Å². The smallest absolute Gasteiger partial charge is 0.291 e. The minimum Gasteiger partial charge on any atom is -0.451 e. The average molecular weight is 448 g/mol. The molecule has 0 aliphatic heterocycles. The molecule has 0 aliphatic carbocycles. The van der Waals surface area contributed by atoms with Gasteiger partial charge in [-0.05, 0) is 43.3 Å². The van der Waals surface area contributed by atoms with Gasteiger partial charge < -0.3 is 14.6 Å². The van der Waals surface area contributed by atoms with Crippen LogP contribution in [-0.4, -0.2) is 45.8 Å². The minimum atomic E-state index is -3.70. The Morgan fingerprint density at radius 2 is 1.77 bits per heavy atom. The van der Waals surface area contributed by atoms with Gasteiger partial charge in [0.15, 0.2) is 5.76 Å². The van der Waals surface area contributed by atoms with E-state index in [1.165, 1.54) is 34.6 Å². The first-order valence-electron chi connectivity index (χ1n) is 9.91. The van der Waals surface area contributed by atoms with Crippen molar-refractivity contribution in [2.24, 2.45) is 0 Å². The van der Waals surface area contributed by atoms with Gasteiger partial charge in [-0.25, -0.2) is 12.8 Å². The van der Waals surface area contributed by atoms with Gasteiger partial charge >= 0.3 is 0 Å². The zero-order chi connectivity index (χ0) is 22.9. The van der Waals surface area contributed by atoms with Crippen LogP contribution in [-0.2, 0) is 10.0 Å². The molecule has 31 heavy (non-hydrogen) atoms. The number of fused-ring (bicyclic) bond motifs is 1. The van der Waals surface area contributed by atoms with Crippen LogP contribution in [0.1, 0.15) is 30.0 Å². The highest BCUT2D eigenvalue weighted by Crippen LogP contribution is 2.31. The fourth-order valence-electron chi connectivity index (χ4n) is 3.47. The number of benzene rings is 2. The summed E-state index contributed by atoms with van der Waals surface area (Å²) in [6.45, 7) is 5.89. The van der Waals surface area contributed by atoms with Crippen molar-refractivity contribution in [3.05, 3.63) is 53.5 Å². The van der Waals surface area contributed by atoms with Crippen LogP contribution in [0.15, 0.2) is 45.7 Å². The molecule has 3 aromatic rings. The Morgan fingerprint density at radius 3 is 2.39 bits per heavy atom. The number of sulfonamides is 1. The van der Waals surface area contributed by atoms with Crippen molar-refractivity contribution >= 4 is 38.3 Å². The lowest BCUT2D eigenvalue weighted by molar-refractivity contribution is 0.0998. The van der Waals surface area contributed by atoms with Crippen molar-refractivity contribution in [2.75, 3.05) is 37.4 Å². The molecule has 1 amide bonds. The first-order chi connectivity index (χ1) is 14.6. The van der Waals surface area contributed by atoms with Gasteiger partial charge in [0.1, 0.15) is 11.4 Å². The molecule has 0 atom stereocenters. The Hall–Kier alpha value is -2.91. The van der Waals surface area contributed by atoms with Crippen LogP contribution in [0.4, 0.5) is 15.8 Å². The van der Waals surface area contributed by atoms with Crippen LogP contribution in [0.3, 0.4) is 0 Å². The fraction of sp³-hybridized carbons (Fsp3) is 0.318. The lowest BCUT2D eigenvalue weighted by Crippen LogP contribution is -2.30. The van der Waals surface area contributed by atoms with Crippen LogP contribution >= 0.6 is 0 Å². The topological polar surface area (TPSA) is 82.9 Å². The van der Waals surface area contributed by atoms with E-state index in [9.17, 15) is 17.6 Å². The molecule has 0 unspecified atom stereocenters. The van der Waals surface area contributed by atoms with E-state index in [0.29, 0.717) is 41.0 Å². The summed E-state index contributed by atoms with van der Waals surface area (Å²) < 4.78 is 46.4. The number of amides is 1. The van der Waals surface area contributed by atoms with Crippen molar-refractivity contribution < 1.29 is 22.0 Å². The molecule has 0 fully saturated rings. The second-order valence-electron chi connectivity index (χ2n) is 7.31. The van der Waals surface area contributed by atoms with Gasteiger partial charge in [-0.1, -0.05) is 13.8 Å². The van der Waals surface area contributed by atoms with E-state index in [0.717, 1.165) is 0 Å². The molecular weight excluding hydrogens is 421 g/mol. The first-order valence-corrected chi connectivity index (χ1v) is 11.4. The number of nitrogens with zero attached hydrogens (tertiary/aromatic N) is 2. The van der Waals surface area contributed by atoms with Gasteiger partial charge in [-0.15, -0.1) is 0 Å². The number of carbonyl (C=O) groups is 1. The van der Waals surface area contributed by atoms with Crippen molar-refractivity contribution in [1.29, 1.82) is 0 Å². The number of halogens is 1. The monoisotopic (exact) mass is 447 g/mol. The predicted octanol–water partition coefficient (Wildman–Crippen LogP) is 4.23. The summed E-state index contributed by atoms with van der Waals surface area (Å²) in [7, 11) is -0.121. The Morgan fingerprint density at radius 1 is 1.10 bits per heavy atom. The molecule has 0 spiro atoms. The van der Waals surface area contributed by atoms with Gasteiger partial charge in [0.25, 0.3) is 5.91 Å². The third kappa shape index (κ3) is 4.28. The maximum absolute atomic E-state index is 13.6. The molecule has 0 radical (unpaired) electrons. The number of furan rings is 1. The summed E-state index contributed by atoms with van der Waals surface area (Å²) >= 11 is 0. The molecule has 3 rings (SSSR count). The highest BCUT2D eigenvalue weighted by atomic mass is 32.2. The molecule has 1 aromatic heterocycles. The largest absolute Gasteiger partial charge is 0.451 e. The van der Waals surface area contributed by atoms with Crippen LogP contribution < -0.4 is 10.2 Å². The lowest BCUT2D eigenvalue weighted by atomic mass is 10.1. The summed E-state index contributed by atoms with van der Waals surface area (Å²) in [4.78, 5) is 14.8. The number of carbonyl (C=O) groups excluding carboxylic acids is 1. The highest BCUT2D eigenvalue weighted by Gasteiger charge is 2.25. The third-order valence-corrected chi connectivity index (χ3v) is 7.19. The van der Waals surface area contributed by atoms with Gasteiger partial charge in [0.2, 0.25) is 10.0 Å². The maximum atomic E-state index is 13.6. The summed E-state index contributed by atoms with van der Waals surface area (Å²) in [5.41, 5.74) is 1.86. The van der Waals surface area contributed by atoms with Crippen molar-refractivity contribution in [2.45, 2.75) is 25.7 Å². The van der Waals surface area contributed by atoms with Gasteiger partial charge in [-0.2, -0.15) is 4.31 Å². The van der Waals surface area contributed by atoms with Gasteiger partial charge in [-0.3, -0.25) is 4.79 Å². The van der Waals surface area contributed by atoms with E-state index >= 15 is 0 Å². The molecule has 0 saturated heterocycles. The summed E-state index contributed by atoms with van der Waals surface area (Å²) in [6.07, 6.45) is 0. The summed E-state index contributed by atoms with van der Waals surface area (Å²) in [5, 5.41) is 3.27. The molecule has 7 nitrogen and oxygen atoms in total. The molecule has 1 N–H and O–H groups in total. The maximum Gasteiger partial charge on any atom is 0.291 e. The second kappa shape index (κ2) is 8.68. The third-order valence-electron chi connectivity index (χ3n) is 5.15. The Kier molecular flexibility index (Phi) is 6.38. The van der Waals surface area contributed by atoms with Crippen molar-refractivity contribution in [3.8, 4) is 0 Å². The van der Waals surface area contributed by atoms with Crippen LogP contribution in [0.25, 0.3) is 11.0 Å². The average Bonchev–Trinajstić information content (AvgIpc) is 3.04. The molecule has 2 aromatic carbocycles. The quantitative estimate of drug-likeness (QED) is 0.586. The SMILES string of the molecule is CCN(CC)S(=O)(=O)c1ccc(N(C)C)c(NC(=O)c2oc3ccc(F)cc3c2C)c1. The predicted molar refractivity (Wildman–Crippen MR) is 120 cm³/mol. The van der Waals surface area contributed by atoms with Crippen molar-refractivity contribution in [3.63, 3.8) is 0 Å². The summed E-state index contributed by atoms with van der Waals surface area (Å²) in [5.74, 6) is -0.926. The van der Waals surface area contributed by atoms with E-state index < -0.39 is 21.7 Å². The molecule has 0 bridgehead atoms. The second-order valence-corrected chi connectivity index (χ2v) is 9.25. The molecule has 0 aliphatic rings. The molecule has 9 heteroatoms. The normalized spacial score (nSPS) is 11.8. The molecule has 0 saturated carbocycles. The van der Waals surface area contributed by atoms with E-state index in [2.05, 4.69) is 5.32 Å². The number of rotatable bonds is 7. The number of hydrogen-bond acceptors (Lipinski definition) is 5. The van der Waals surface area contributed by atoms with Crippen LogP contribution in [0.2, 0.25) is 0 Å². The van der Waals surface area contributed by atoms with E-state index in [4.69, 9.17) is 4.42 Å². The molecule has 1 heterocycles. The highest BCUT2D eigenvalue weighted by molar-refractivity contribution is 7.89. The Labute approximate surface area is 181 Å². The minimum absolute atomic E-state index is 0.0438. The van der Waals surface area contributed by atoms with Crippen LogP contribution in [0, 0.1) is 12.7 Å². The van der Waals surface area contributed by atoms with E-state index in [1.54, 1.807) is 45.8 Å². The van der Waals surface area contributed by atoms with Crippen molar-refractivity contribution in [1.82, 2.24) is 4.31 Å². The standard InChI is InChI=1S/C22H26FN3O4S/c1-6-26(7-2)31(28,29)16-9-10-19(25(4)5)18(13-16)24-22(27)21-14(3)17-12-15(23)8-11-20(17)30-21/h8-13H,6-7H2,1-5H3,(H,24,27). The molecule has 166 valence electrons. The molecular formula is C22H26FN3O4S. The first kappa shape index (κ1) is 22.8. The number of anilines is 2. The Balaban J connectivity index is 2.04. The van der Waals surface area contributed by atoms with Crippen LogP contribution in [0.5, 0.6) is 0 Å². The summed E-state index contributed by atoms with van der Waals surface area (Å²) in [6, 6.07) is 8.66. The zero-order valence-electron chi connectivity index (χ0n) is 18.2. The Bertz CT molecular complexity index is 1230. The van der Waals surface area contributed by atoms with E-state index in [-0.39, 0.29) is 10.7 Å². The lowest BCUT2D eigenvalue weighted by Gasteiger charge is -2.22. The number of hydrogen-bond donors (Lipinski definition) is 1. The fourth-order valence-corrected chi connectivity index (χ4v) is 4.95. The van der Waals surface area contributed by atoms with Gasteiger partial charge in [0, 0.05) is 38.1 Å². The number of nitrogens with one attached hydrogen (secondary N) is 1. The zero-order valence-corrected chi connectivity index (χ0v) is 19.0.